The van der Waals surface area contributed by atoms with Crippen molar-refractivity contribution in [3.8, 4) is 11.5 Å². The summed E-state index contributed by atoms with van der Waals surface area (Å²) in [6.07, 6.45) is 10.4. The predicted molar refractivity (Wildman–Crippen MR) is 67.9 cm³/mol. The van der Waals surface area contributed by atoms with Crippen molar-refractivity contribution in [3.05, 3.63) is 47.1 Å². The Balaban J connectivity index is 2.14. The third-order valence-corrected chi connectivity index (χ3v) is 3.27. The van der Waals surface area contributed by atoms with Crippen LogP contribution in [0, 0.1) is 6.92 Å². The van der Waals surface area contributed by atoms with E-state index >= 15 is 0 Å². The summed E-state index contributed by atoms with van der Waals surface area (Å²) in [7, 11) is 0. The third-order valence-electron chi connectivity index (χ3n) is 3.27. The van der Waals surface area contributed by atoms with Crippen LogP contribution in [-0.4, -0.2) is 13.2 Å². The van der Waals surface area contributed by atoms with Crippen LogP contribution in [0.25, 0.3) is 0 Å². The molecule has 3 rings (SSSR count). The largest absolute Gasteiger partial charge is 0.489 e. The van der Waals surface area contributed by atoms with Crippen LogP contribution < -0.4 is 9.47 Å². The molecular formula is C15H16O2. The Labute approximate surface area is 102 Å². The van der Waals surface area contributed by atoms with E-state index in [0.29, 0.717) is 13.2 Å². The molecule has 0 aromatic heterocycles. The molecule has 88 valence electrons. The Kier molecular flexibility index (Phi) is 2.63. The van der Waals surface area contributed by atoms with Gasteiger partial charge in [-0.2, -0.15) is 0 Å². The van der Waals surface area contributed by atoms with Crippen molar-refractivity contribution in [2.45, 2.75) is 19.8 Å². The summed E-state index contributed by atoms with van der Waals surface area (Å²) < 4.78 is 11.6. The SMILES string of the molecule is Cc1c2c(cc3c1OCC=CC3)CC=CCO2. The fourth-order valence-electron chi connectivity index (χ4n) is 2.45. The van der Waals surface area contributed by atoms with E-state index in [2.05, 4.69) is 37.3 Å². The topological polar surface area (TPSA) is 18.5 Å². The number of rotatable bonds is 0. The summed E-state index contributed by atoms with van der Waals surface area (Å²) in [5.74, 6) is 2.02. The Morgan fingerprint density at radius 1 is 0.824 bits per heavy atom. The van der Waals surface area contributed by atoms with E-state index in [-0.39, 0.29) is 0 Å². The molecule has 0 bridgehead atoms. The van der Waals surface area contributed by atoms with Gasteiger partial charge in [-0.3, -0.25) is 0 Å². The van der Waals surface area contributed by atoms with Crippen molar-refractivity contribution in [2.75, 3.05) is 13.2 Å². The van der Waals surface area contributed by atoms with Gasteiger partial charge in [0.1, 0.15) is 24.7 Å². The van der Waals surface area contributed by atoms with Gasteiger partial charge in [0.2, 0.25) is 0 Å². The summed E-state index contributed by atoms with van der Waals surface area (Å²) in [5.41, 5.74) is 3.69. The van der Waals surface area contributed by atoms with E-state index in [4.69, 9.17) is 9.47 Å². The molecule has 0 aliphatic carbocycles. The smallest absolute Gasteiger partial charge is 0.129 e. The van der Waals surface area contributed by atoms with Crippen LogP contribution in [0.5, 0.6) is 11.5 Å². The Bertz CT molecular complexity index is 456. The minimum Gasteiger partial charge on any atom is -0.489 e. The molecule has 0 fully saturated rings. The minimum atomic E-state index is 0.658. The molecule has 0 spiro atoms. The van der Waals surface area contributed by atoms with Gasteiger partial charge < -0.3 is 9.47 Å². The van der Waals surface area contributed by atoms with Crippen molar-refractivity contribution in [2.24, 2.45) is 0 Å². The zero-order chi connectivity index (χ0) is 11.7. The zero-order valence-corrected chi connectivity index (χ0v) is 10.0. The molecule has 2 heterocycles. The normalized spacial score (nSPS) is 17.2. The lowest BCUT2D eigenvalue weighted by molar-refractivity contribution is 0.339. The molecule has 0 radical (unpaired) electrons. The van der Waals surface area contributed by atoms with Crippen molar-refractivity contribution in [3.63, 3.8) is 0 Å². The molecule has 0 N–H and O–H groups in total. The molecule has 0 atom stereocenters. The van der Waals surface area contributed by atoms with Gasteiger partial charge in [0.25, 0.3) is 0 Å². The van der Waals surface area contributed by atoms with E-state index in [9.17, 15) is 0 Å². The van der Waals surface area contributed by atoms with E-state index in [1.54, 1.807) is 0 Å². The van der Waals surface area contributed by atoms with E-state index in [1.807, 2.05) is 0 Å². The number of hydrogen-bond acceptors (Lipinski definition) is 2. The lowest BCUT2D eigenvalue weighted by atomic mass is 9.99. The number of fused-ring (bicyclic) bond motifs is 2. The summed E-state index contributed by atoms with van der Waals surface area (Å²) in [6, 6.07) is 2.23. The lowest BCUT2D eigenvalue weighted by Gasteiger charge is -2.17. The second kappa shape index (κ2) is 4.28. The van der Waals surface area contributed by atoms with Crippen LogP contribution in [0.3, 0.4) is 0 Å². The van der Waals surface area contributed by atoms with Crippen LogP contribution in [0.15, 0.2) is 30.4 Å². The third kappa shape index (κ3) is 1.84. The molecule has 0 unspecified atom stereocenters. The summed E-state index contributed by atoms with van der Waals surface area (Å²) in [6.45, 7) is 3.41. The molecule has 0 amide bonds. The minimum absolute atomic E-state index is 0.658. The van der Waals surface area contributed by atoms with Crippen LogP contribution in [-0.2, 0) is 12.8 Å². The van der Waals surface area contributed by atoms with Gasteiger partial charge in [-0.1, -0.05) is 24.3 Å². The molecule has 1 aromatic rings. The molecule has 2 aliphatic heterocycles. The van der Waals surface area contributed by atoms with Crippen LogP contribution in [0.1, 0.15) is 16.7 Å². The number of benzene rings is 1. The lowest BCUT2D eigenvalue weighted by Crippen LogP contribution is -2.03. The first-order chi connectivity index (χ1) is 8.36. The Morgan fingerprint density at radius 2 is 1.35 bits per heavy atom. The molecule has 17 heavy (non-hydrogen) atoms. The quantitative estimate of drug-likeness (QED) is 0.635. The molecule has 1 aromatic carbocycles. The van der Waals surface area contributed by atoms with Crippen molar-refractivity contribution < 1.29 is 9.47 Å². The van der Waals surface area contributed by atoms with Gasteiger partial charge >= 0.3 is 0 Å². The monoisotopic (exact) mass is 228 g/mol. The maximum Gasteiger partial charge on any atom is 0.129 e. The van der Waals surface area contributed by atoms with Crippen LogP contribution in [0.4, 0.5) is 0 Å². The zero-order valence-electron chi connectivity index (χ0n) is 10.0. The first-order valence-electron chi connectivity index (χ1n) is 6.07. The summed E-state index contributed by atoms with van der Waals surface area (Å²) >= 11 is 0. The Morgan fingerprint density at radius 3 is 1.88 bits per heavy atom. The van der Waals surface area contributed by atoms with E-state index < -0.39 is 0 Å². The van der Waals surface area contributed by atoms with Crippen molar-refractivity contribution in [1.82, 2.24) is 0 Å². The van der Waals surface area contributed by atoms with Crippen LogP contribution in [0.2, 0.25) is 0 Å². The maximum absolute atomic E-state index is 5.80. The second-order valence-corrected chi connectivity index (χ2v) is 4.45. The van der Waals surface area contributed by atoms with E-state index in [1.165, 1.54) is 11.1 Å². The van der Waals surface area contributed by atoms with Gasteiger partial charge in [-0.05, 0) is 37.0 Å². The molecule has 2 nitrogen and oxygen atoms in total. The predicted octanol–water partition coefficient (Wildman–Crippen LogP) is 2.98. The number of allylic oxidation sites excluding steroid dienone is 2. The van der Waals surface area contributed by atoms with Gasteiger partial charge in [0.05, 0.1) is 0 Å². The first kappa shape index (κ1) is 10.5. The van der Waals surface area contributed by atoms with E-state index in [0.717, 1.165) is 29.9 Å². The summed E-state index contributed by atoms with van der Waals surface area (Å²) in [5, 5.41) is 0. The van der Waals surface area contributed by atoms with Crippen LogP contribution >= 0.6 is 0 Å². The average Bonchev–Trinajstić information content (AvgIpc) is 2.69. The fourth-order valence-corrected chi connectivity index (χ4v) is 2.45. The molecule has 2 heteroatoms. The van der Waals surface area contributed by atoms with Gasteiger partial charge in [-0.25, -0.2) is 0 Å². The molecular weight excluding hydrogens is 212 g/mol. The fraction of sp³-hybridized carbons (Fsp3) is 0.333. The second-order valence-electron chi connectivity index (χ2n) is 4.45. The van der Waals surface area contributed by atoms with Gasteiger partial charge in [0.15, 0.2) is 0 Å². The highest BCUT2D eigenvalue weighted by atomic mass is 16.5. The highest BCUT2D eigenvalue weighted by Gasteiger charge is 2.18. The molecule has 2 aliphatic rings. The first-order valence-corrected chi connectivity index (χ1v) is 6.07. The number of hydrogen-bond donors (Lipinski definition) is 0. The maximum atomic E-state index is 5.80. The van der Waals surface area contributed by atoms with Crippen molar-refractivity contribution in [1.29, 1.82) is 0 Å². The number of ether oxygens (including phenoxy) is 2. The Hall–Kier alpha value is -1.70. The summed E-state index contributed by atoms with van der Waals surface area (Å²) in [4.78, 5) is 0. The highest BCUT2D eigenvalue weighted by Crippen LogP contribution is 2.37. The molecule has 0 saturated heterocycles. The molecule has 0 saturated carbocycles. The van der Waals surface area contributed by atoms with Gasteiger partial charge in [0, 0.05) is 5.56 Å². The van der Waals surface area contributed by atoms with Crippen molar-refractivity contribution >= 4 is 0 Å². The standard InChI is InChI=1S/C15H16O2/c1-11-14-12(6-2-4-8-16-14)10-13-7-3-5-9-17-15(11)13/h2-5,10H,6-9H2,1H3. The average molecular weight is 228 g/mol. The van der Waals surface area contributed by atoms with Gasteiger partial charge in [-0.15, -0.1) is 0 Å². The highest BCUT2D eigenvalue weighted by molar-refractivity contribution is 5.56.